The zero-order valence-electron chi connectivity index (χ0n) is 11.5. The highest BCUT2D eigenvalue weighted by Crippen LogP contribution is 2.20. The second-order valence-electron chi connectivity index (χ2n) is 5.47. The minimum atomic E-state index is -0.340. The molecule has 0 saturated carbocycles. The summed E-state index contributed by atoms with van der Waals surface area (Å²) in [5, 5.41) is 2.86. The lowest BCUT2D eigenvalue weighted by atomic mass is 9.92. The van der Waals surface area contributed by atoms with E-state index in [2.05, 4.69) is 19.2 Å². The van der Waals surface area contributed by atoms with Gasteiger partial charge < -0.3 is 10.2 Å². The maximum absolute atomic E-state index is 12.1. The highest BCUT2D eigenvalue weighted by atomic mass is 16.2. The number of amides is 2. The molecule has 17 heavy (non-hydrogen) atoms. The van der Waals surface area contributed by atoms with Crippen molar-refractivity contribution >= 4 is 11.8 Å². The van der Waals surface area contributed by atoms with Crippen LogP contribution in [0.25, 0.3) is 0 Å². The van der Waals surface area contributed by atoms with Crippen molar-refractivity contribution in [1.82, 2.24) is 10.2 Å². The average Bonchev–Trinajstić information content (AvgIpc) is 2.24. The van der Waals surface area contributed by atoms with Gasteiger partial charge in [0.1, 0.15) is 12.1 Å². The van der Waals surface area contributed by atoms with Crippen LogP contribution < -0.4 is 5.32 Å². The molecule has 1 N–H and O–H groups in total. The summed E-state index contributed by atoms with van der Waals surface area (Å²) in [6, 6.07) is -0.649. The van der Waals surface area contributed by atoms with Gasteiger partial charge >= 0.3 is 0 Å². The van der Waals surface area contributed by atoms with Crippen molar-refractivity contribution in [3.63, 3.8) is 0 Å². The molecule has 1 aliphatic heterocycles. The van der Waals surface area contributed by atoms with Crippen molar-refractivity contribution in [2.24, 2.45) is 11.8 Å². The molecule has 4 heteroatoms. The molecule has 0 bridgehead atoms. The maximum atomic E-state index is 12.1. The zero-order valence-corrected chi connectivity index (χ0v) is 11.5. The molecule has 3 atom stereocenters. The molecule has 1 fully saturated rings. The van der Waals surface area contributed by atoms with Crippen LogP contribution in [0.15, 0.2) is 0 Å². The van der Waals surface area contributed by atoms with Crippen LogP contribution in [0.1, 0.15) is 40.5 Å². The van der Waals surface area contributed by atoms with Gasteiger partial charge in [-0.2, -0.15) is 0 Å². The summed E-state index contributed by atoms with van der Waals surface area (Å²) >= 11 is 0. The quantitative estimate of drug-likeness (QED) is 0.807. The van der Waals surface area contributed by atoms with E-state index >= 15 is 0 Å². The first-order chi connectivity index (χ1) is 7.88. The first kappa shape index (κ1) is 14.0. The zero-order chi connectivity index (χ0) is 13.2. The molecule has 0 aliphatic carbocycles. The molecule has 1 heterocycles. The third-order valence-electron chi connectivity index (χ3n) is 3.54. The number of carbonyl (C=O) groups excluding carboxylic acids is 2. The minimum Gasteiger partial charge on any atom is -0.342 e. The molecule has 1 saturated heterocycles. The number of hydrogen-bond donors (Lipinski definition) is 1. The second kappa shape index (κ2) is 5.52. The van der Waals surface area contributed by atoms with Gasteiger partial charge in [-0.05, 0) is 18.3 Å². The molecule has 0 aromatic carbocycles. The summed E-state index contributed by atoms with van der Waals surface area (Å²) in [7, 11) is 1.74. The Balaban J connectivity index is 2.80. The number of likely N-dealkylation sites (N-methyl/N-ethyl adjacent to an activating group) is 1. The van der Waals surface area contributed by atoms with Crippen LogP contribution in [0.5, 0.6) is 0 Å². The Labute approximate surface area is 104 Å². The van der Waals surface area contributed by atoms with Crippen LogP contribution in [-0.2, 0) is 9.59 Å². The summed E-state index contributed by atoms with van der Waals surface area (Å²) in [4.78, 5) is 25.8. The smallest absolute Gasteiger partial charge is 0.245 e. The van der Waals surface area contributed by atoms with Crippen LogP contribution in [-0.4, -0.2) is 35.8 Å². The van der Waals surface area contributed by atoms with Crippen LogP contribution in [0.4, 0.5) is 0 Å². The van der Waals surface area contributed by atoms with E-state index < -0.39 is 0 Å². The van der Waals surface area contributed by atoms with E-state index in [9.17, 15) is 9.59 Å². The van der Waals surface area contributed by atoms with Crippen molar-refractivity contribution < 1.29 is 9.59 Å². The number of carbonyl (C=O) groups is 2. The van der Waals surface area contributed by atoms with Gasteiger partial charge in [0, 0.05) is 7.05 Å². The van der Waals surface area contributed by atoms with E-state index in [1.54, 1.807) is 11.9 Å². The predicted molar refractivity (Wildman–Crippen MR) is 67.4 cm³/mol. The fourth-order valence-corrected chi connectivity index (χ4v) is 2.37. The normalized spacial score (nSPS) is 27.3. The highest BCUT2D eigenvalue weighted by molar-refractivity contribution is 5.96. The Bertz CT molecular complexity index is 302. The van der Waals surface area contributed by atoms with Gasteiger partial charge in [0.2, 0.25) is 11.8 Å². The number of nitrogens with zero attached hydrogens (tertiary/aromatic N) is 1. The van der Waals surface area contributed by atoms with E-state index in [-0.39, 0.29) is 29.8 Å². The van der Waals surface area contributed by atoms with Gasteiger partial charge in [0.05, 0.1) is 0 Å². The van der Waals surface area contributed by atoms with Crippen molar-refractivity contribution in [2.75, 3.05) is 7.05 Å². The van der Waals surface area contributed by atoms with E-state index in [4.69, 9.17) is 0 Å². The SMILES string of the molecule is CCC(C)[C@@H]1C(=O)N[C@H](CC(C)C)C(=O)N1C. The summed E-state index contributed by atoms with van der Waals surface area (Å²) in [5.41, 5.74) is 0. The summed E-state index contributed by atoms with van der Waals surface area (Å²) in [5.74, 6) is 0.637. The highest BCUT2D eigenvalue weighted by Gasteiger charge is 2.40. The Hall–Kier alpha value is -1.06. The molecule has 0 aromatic heterocycles. The van der Waals surface area contributed by atoms with E-state index in [0.29, 0.717) is 12.3 Å². The molecule has 4 nitrogen and oxygen atoms in total. The van der Waals surface area contributed by atoms with Gasteiger partial charge in [-0.25, -0.2) is 0 Å². The first-order valence-electron chi connectivity index (χ1n) is 6.45. The second-order valence-corrected chi connectivity index (χ2v) is 5.47. The molecule has 0 aromatic rings. The lowest BCUT2D eigenvalue weighted by Crippen LogP contribution is -2.63. The number of rotatable bonds is 4. The summed E-state index contributed by atoms with van der Waals surface area (Å²) in [6.45, 7) is 8.16. The lowest BCUT2D eigenvalue weighted by Gasteiger charge is -2.39. The molecular formula is C13H24N2O2. The molecule has 1 unspecified atom stereocenters. The van der Waals surface area contributed by atoms with Crippen molar-refractivity contribution in [3.8, 4) is 0 Å². The van der Waals surface area contributed by atoms with Crippen LogP contribution >= 0.6 is 0 Å². The van der Waals surface area contributed by atoms with Crippen LogP contribution in [0.3, 0.4) is 0 Å². The van der Waals surface area contributed by atoms with Gasteiger partial charge in [-0.3, -0.25) is 9.59 Å². The molecule has 2 amide bonds. The topological polar surface area (TPSA) is 49.4 Å². The van der Waals surface area contributed by atoms with Gasteiger partial charge in [-0.15, -0.1) is 0 Å². The molecule has 0 spiro atoms. The van der Waals surface area contributed by atoms with Crippen molar-refractivity contribution in [3.05, 3.63) is 0 Å². The third-order valence-corrected chi connectivity index (χ3v) is 3.54. The van der Waals surface area contributed by atoms with Crippen molar-refractivity contribution in [2.45, 2.75) is 52.6 Å². The molecular weight excluding hydrogens is 216 g/mol. The number of nitrogens with one attached hydrogen (secondary N) is 1. The fourth-order valence-electron chi connectivity index (χ4n) is 2.37. The van der Waals surface area contributed by atoms with E-state index in [0.717, 1.165) is 6.42 Å². The Morgan fingerprint density at radius 1 is 1.29 bits per heavy atom. The Kier molecular flexibility index (Phi) is 4.54. The molecule has 0 radical (unpaired) electrons. The first-order valence-corrected chi connectivity index (χ1v) is 6.45. The molecule has 1 rings (SSSR count). The summed E-state index contributed by atoms with van der Waals surface area (Å²) in [6.07, 6.45) is 1.60. The maximum Gasteiger partial charge on any atom is 0.245 e. The van der Waals surface area contributed by atoms with Gasteiger partial charge in [0.25, 0.3) is 0 Å². The van der Waals surface area contributed by atoms with E-state index in [1.165, 1.54) is 0 Å². The lowest BCUT2D eigenvalue weighted by molar-refractivity contribution is -0.150. The van der Waals surface area contributed by atoms with Gasteiger partial charge in [-0.1, -0.05) is 34.1 Å². The van der Waals surface area contributed by atoms with Crippen LogP contribution in [0.2, 0.25) is 0 Å². The fraction of sp³-hybridized carbons (Fsp3) is 0.846. The van der Waals surface area contributed by atoms with Crippen LogP contribution in [0, 0.1) is 11.8 Å². The van der Waals surface area contributed by atoms with E-state index in [1.807, 2.05) is 13.8 Å². The number of hydrogen-bond acceptors (Lipinski definition) is 2. The standard InChI is InChI=1S/C13H24N2O2/c1-6-9(4)11-12(16)14-10(7-8(2)3)13(17)15(11)5/h8-11H,6-7H2,1-5H3,(H,14,16)/t9?,10-,11-/m1/s1. The predicted octanol–water partition coefficient (Wildman–Crippen LogP) is 1.40. The van der Waals surface area contributed by atoms with Gasteiger partial charge in [0.15, 0.2) is 0 Å². The average molecular weight is 240 g/mol. The summed E-state index contributed by atoms with van der Waals surface area (Å²) < 4.78 is 0. The number of piperazine rings is 1. The Morgan fingerprint density at radius 2 is 1.88 bits per heavy atom. The molecule has 1 aliphatic rings. The monoisotopic (exact) mass is 240 g/mol. The largest absolute Gasteiger partial charge is 0.342 e. The third kappa shape index (κ3) is 2.99. The minimum absolute atomic E-state index is 0.00731. The Morgan fingerprint density at radius 3 is 2.35 bits per heavy atom. The van der Waals surface area contributed by atoms with Crippen molar-refractivity contribution in [1.29, 1.82) is 0 Å². The molecule has 98 valence electrons.